The zero-order chi connectivity index (χ0) is 22.8. The third kappa shape index (κ3) is 4.45. The van der Waals surface area contributed by atoms with Gasteiger partial charge in [-0.25, -0.2) is 4.79 Å². The number of nitrogens with zero attached hydrogens (tertiary/aromatic N) is 1. The number of rotatable bonds is 5. The molecule has 0 unspecified atom stereocenters. The molecule has 0 radical (unpaired) electrons. The third-order valence-corrected chi connectivity index (χ3v) is 6.38. The van der Waals surface area contributed by atoms with Gasteiger partial charge in [0.25, 0.3) is 0 Å². The highest BCUT2D eigenvalue weighted by atomic mass is 79.9. The van der Waals surface area contributed by atoms with E-state index >= 15 is 0 Å². The van der Waals surface area contributed by atoms with Gasteiger partial charge in [-0.1, -0.05) is 35.0 Å². The molecule has 6 nitrogen and oxygen atoms in total. The van der Waals surface area contributed by atoms with E-state index in [0.29, 0.717) is 29.0 Å². The normalized spacial score (nSPS) is 16.9. The number of carbonyl (C=O) groups excluding carboxylic acids is 1. The number of phenolic OH excluding ortho intramolecular Hbond substituents is 1. The van der Waals surface area contributed by atoms with Gasteiger partial charge in [0.15, 0.2) is 0 Å². The van der Waals surface area contributed by atoms with Gasteiger partial charge < -0.3 is 14.3 Å². The van der Waals surface area contributed by atoms with E-state index in [1.54, 1.807) is 37.3 Å². The van der Waals surface area contributed by atoms with Gasteiger partial charge in [0.05, 0.1) is 23.1 Å². The molecular weight excluding hydrogens is 474 g/mol. The SMILES string of the molecule is CCOC(=O)c1oc2c(CN3CCC[C@@H](C)C3)c(O)ccc2c(=O)c1-c1ccc(Br)cc1. The number of halogens is 1. The predicted molar refractivity (Wildman–Crippen MR) is 127 cm³/mol. The molecule has 1 N–H and O–H groups in total. The van der Waals surface area contributed by atoms with Crippen LogP contribution in [-0.4, -0.2) is 35.7 Å². The van der Waals surface area contributed by atoms with Crippen molar-refractivity contribution in [1.82, 2.24) is 4.90 Å². The zero-order valence-electron chi connectivity index (χ0n) is 18.2. The molecule has 4 rings (SSSR count). The minimum Gasteiger partial charge on any atom is -0.507 e. The average molecular weight is 500 g/mol. The summed E-state index contributed by atoms with van der Waals surface area (Å²) >= 11 is 3.39. The first-order chi connectivity index (χ1) is 15.4. The molecule has 1 atom stereocenters. The molecule has 1 aromatic heterocycles. The number of phenols is 1. The summed E-state index contributed by atoms with van der Waals surface area (Å²) in [4.78, 5) is 28.6. The van der Waals surface area contributed by atoms with Gasteiger partial charge in [0.1, 0.15) is 11.3 Å². The van der Waals surface area contributed by atoms with E-state index in [1.807, 2.05) is 0 Å². The monoisotopic (exact) mass is 499 g/mol. The molecule has 2 aromatic carbocycles. The molecule has 168 valence electrons. The number of ether oxygens (including phenoxy) is 1. The van der Waals surface area contributed by atoms with E-state index in [4.69, 9.17) is 9.15 Å². The fourth-order valence-electron chi connectivity index (χ4n) is 4.33. The maximum absolute atomic E-state index is 13.6. The number of carbonyl (C=O) groups is 1. The van der Waals surface area contributed by atoms with Gasteiger partial charge in [-0.15, -0.1) is 0 Å². The van der Waals surface area contributed by atoms with Crippen LogP contribution in [0.2, 0.25) is 0 Å². The van der Waals surface area contributed by atoms with Crippen LogP contribution in [0.1, 0.15) is 42.8 Å². The average Bonchev–Trinajstić information content (AvgIpc) is 2.76. The molecule has 32 heavy (non-hydrogen) atoms. The number of hydrogen-bond acceptors (Lipinski definition) is 6. The third-order valence-electron chi connectivity index (χ3n) is 5.86. The van der Waals surface area contributed by atoms with Crippen LogP contribution in [-0.2, 0) is 11.3 Å². The van der Waals surface area contributed by atoms with Gasteiger partial charge in [0.2, 0.25) is 11.2 Å². The lowest BCUT2D eigenvalue weighted by atomic mass is 9.98. The molecule has 0 aliphatic carbocycles. The highest BCUT2D eigenvalue weighted by Crippen LogP contribution is 2.33. The fraction of sp³-hybridized carbons (Fsp3) is 0.360. The molecule has 3 aromatic rings. The van der Waals surface area contributed by atoms with E-state index in [1.165, 1.54) is 12.5 Å². The summed E-state index contributed by atoms with van der Waals surface area (Å²) in [6.45, 7) is 6.31. The number of piperidine rings is 1. The Balaban J connectivity index is 1.92. The number of benzene rings is 2. The van der Waals surface area contributed by atoms with Crippen molar-refractivity contribution in [2.75, 3.05) is 19.7 Å². The van der Waals surface area contributed by atoms with Crippen molar-refractivity contribution < 1.29 is 19.1 Å². The first-order valence-electron chi connectivity index (χ1n) is 10.9. The summed E-state index contributed by atoms with van der Waals surface area (Å²) in [5.41, 5.74) is 1.14. The summed E-state index contributed by atoms with van der Waals surface area (Å²) < 4.78 is 12.1. The first kappa shape index (κ1) is 22.6. The second kappa shape index (κ2) is 9.46. The van der Waals surface area contributed by atoms with E-state index < -0.39 is 5.97 Å². The smallest absolute Gasteiger partial charge is 0.375 e. The summed E-state index contributed by atoms with van der Waals surface area (Å²) in [5, 5.41) is 11.0. The van der Waals surface area contributed by atoms with Crippen LogP contribution in [0.3, 0.4) is 0 Å². The summed E-state index contributed by atoms with van der Waals surface area (Å²) in [7, 11) is 0. The van der Waals surface area contributed by atoms with Crippen molar-refractivity contribution in [3.63, 3.8) is 0 Å². The van der Waals surface area contributed by atoms with E-state index in [2.05, 4.69) is 27.8 Å². The lowest BCUT2D eigenvalue weighted by molar-refractivity contribution is 0.0492. The molecule has 0 amide bonds. The summed E-state index contributed by atoms with van der Waals surface area (Å²) in [6.07, 6.45) is 2.26. The Labute approximate surface area is 194 Å². The molecular formula is C25H26BrNO5. The molecule has 1 aliphatic rings. The maximum atomic E-state index is 13.6. The zero-order valence-corrected chi connectivity index (χ0v) is 19.8. The van der Waals surface area contributed by atoms with Crippen LogP contribution in [0.4, 0.5) is 0 Å². The second-order valence-corrected chi connectivity index (χ2v) is 9.20. The Morgan fingerprint density at radius 1 is 1.25 bits per heavy atom. The minimum absolute atomic E-state index is 0.0464. The van der Waals surface area contributed by atoms with Gasteiger partial charge in [-0.05, 0) is 62.1 Å². The van der Waals surface area contributed by atoms with Crippen molar-refractivity contribution in [2.24, 2.45) is 5.92 Å². The van der Waals surface area contributed by atoms with Crippen LogP contribution < -0.4 is 5.43 Å². The number of esters is 1. The van der Waals surface area contributed by atoms with Crippen LogP contribution in [0.5, 0.6) is 5.75 Å². The topological polar surface area (TPSA) is 80.0 Å². The molecule has 0 bridgehead atoms. The molecule has 0 saturated carbocycles. The molecule has 1 aliphatic heterocycles. The quantitative estimate of drug-likeness (QED) is 0.477. The summed E-state index contributed by atoms with van der Waals surface area (Å²) in [5.74, 6) is -0.243. The van der Waals surface area contributed by atoms with Crippen LogP contribution in [0.15, 0.2) is 50.1 Å². The van der Waals surface area contributed by atoms with Crippen LogP contribution >= 0.6 is 15.9 Å². The largest absolute Gasteiger partial charge is 0.507 e. The fourth-order valence-corrected chi connectivity index (χ4v) is 4.59. The van der Waals surface area contributed by atoms with Gasteiger partial charge in [-0.3, -0.25) is 9.69 Å². The van der Waals surface area contributed by atoms with Crippen molar-refractivity contribution in [1.29, 1.82) is 0 Å². The highest BCUT2D eigenvalue weighted by molar-refractivity contribution is 9.10. The molecule has 0 spiro atoms. The molecule has 1 fully saturated rings. The van der Waals surface area contributed by atoms with Crippen molar-refractivity contribution >= 4 is 32.9 Å². The number of hydrogen-bond donors (Lipinski definition) is 1. The van der Waals surface area contributed by atoms with Crippen LogP contribution in [0.25, 0.3) is 22.1 Å². The number of aromatic hydroxyl groups is 1. The van der Waals surface area contributed by atoms with Crippen molar-refractivity contribution in [3.05, 3.63) is 62.4 Å². The minimum atomic E-state index is -0.703. The van der Waals surface area contributed by atoms with E-state index in [9.17, 15) is 14.7 Å². The standard InChI is InChI=1S/C25H26BrNO5/c1-3-31-25(30)24-21(16-6-8-17(26)9-7-16)22(29)18-10-11-20(28)19(23(18)32-24)14-27-12-4-5-15(2)13-27/h6-11,15,28H,3-5,12-14H2,1-2H3/t15-/m1/s1. The Morgan fingerprint density at radius 3 is 2.69 bits per heavy atom. The lowest BCUT2D eigenvalue weighted by Crippen LogP contribution is -2.33. The predicted octanol–water partition coefficient (Wildman–Crippen LogP) is 5.34. The van der Waals surface area contributed by atoms with Gasteiger partial charge in [-0.2, -0.15) is 0 Å². The van der Waals surface area contributed by atoms with Crippen molar-refractivity contribution in [3.8, 4) is 16.9 Å². The molecule has 2 heterocycles. The van der Waals surface area contributed by atoms with Crippen LogP contribution in [0, 0.1) is 5.92 Å². The second-order valence-electron chi connectivity index (χ2n) is 8.29. The Hall–Kier alpha value is -2.64. The Morgan fingerprint density at radius 2 is 2.00 bits per heavy atom. The van der Waals surface area contributed by atoms with Gasteiger partial charge in [0, 0.05) is 17.6 Å². The highest BCUT2D eigenvalue weighted by Gasteiger charge is 2.26. The van der Waals surface area contributed by atoms with Gasteiger partial charge >= 0.3 is 5.97 Å². The Bertz CT molecular complexity index is 1200. The summed E-state index contributed by atoms with van der Waals surface area (Å²) in [6, 6.07) is 10.2. The maximum Gasteiger partial charge on any atom is 0.375 e. The van der Waals surface area contributed by atoms with Crippen molar-refractivity contribution in [2.45, 2.75) is 33.2 Å². The van der Waals surface area contributed by atoms with E-state index in [0.717, 1.165) is 24.0 Å². The van der Waals surface area contributed by atoms with E-state index in [-0.39, 0.29) is 34.7 Å². The number of fused-ring (bicyclic) bond motifs is 1. The molecule has 1 saturated heterocycles. The number of likely N-dealkylation sites (tertiary alicyclic amines) is 1. The Kier molecular flexibility index (Phi) is 6.67. The first-order valence-corrected chi connectivity index (χ1v) is 11.7. The lowest BCUT2D eigenvalue weighted by Gasteiger charge is -2.31. The molecule has 7 heteroatoms.